The molecule has 33 heavy (non-hydrogen) atoms. The van der Waals surface area contributed by atoms with Gasteiger partial charge in [0.25, 0.3) is 0 Å². The molecule has 182 valence electrons. The lowest BCUT2D eigenvalue weighted by Crippen LogP contribution is -2.48. The molecule has 2 aliphatic heterocycles. The van der Waals surface area contributed by atoms with Gasteiger partial charge in [0.05, 0.1) is 12.2 Å². The van der Waals surface area contributed by atoms with E-state index >= 15 is 0 Å². The molecule has 3 rings (SSSR count). The summed E-state index contributed by atoms with van der Waals surface area (Å²) in [4.78, 5) is 36.0. The average Bonchev–Trinajstić information content (AvgIpc) is 2.65. The van der Waals surface area contributed by atoms with Gasteiger partial charge in [0.2, 0.25) is 0 Å². The van der Waals surface area contributed by atoms with Gasteiger partial charge in [-0.2, -0.15) is 0 Å². The molecule has 0 amide bonds. The quantitative estimate of drug-likeness (QED) is 0.265. The molecule has 0 saturated carbocycles. The fourth-order valence-corrected chi connectivity index (χ4v) is 5.69. The summed E-state index contributed by atoms with van der Waals surface area (Å²) in [5.74, 6) is -0.936. The number of esters is 2. The summed E-state index contributed by atoms with van der Waals surface area (Å²) >= 11 is 0. The van der Waals surface area contributed by atoms with Crippen LogP contribution in [0.25, 0.3) is 0 Å². The lowest BCUT2D eigenvalue weighted by Gasteiger charge is -2.44. The highest BCUT2D eigenvalue weighted by Crippen LogP contribution is 2.40. The Morgan fingerprint density at radius 2 is 1.88 bits per heavy atom. The van der Waals surface area contributed by atoms with Crippen molar-refractivity contribution in [2.45, 2.75) is 102 Å². The minimum absolute atomic E-state index is 0.0294. The predicted octanol–water partition coefficient (Wildman–Crippen LogP) is 4.61. The van der Waals surface area contributed by atoms with Crippen molar-refractivity contribution in [3.8, 4) is 5.75 Å². The van der Waals surface area contributed by atoms with Crippen LogP contribution in [0.3, 0.4) is 0 Å². The van der Waals surface area contributed by atoms with Gasteiger partial charge in [0.15, 0.2) is 8.32 Å². The largest absolute Gasteiger partial charge is 0.458 e. The molecule has 2 heterocycles. The molecule has 2 aliphatic rings. The first kappa shape index (κ1) is 25.6. The number of aldehydes is 1. The molecule has 1 saturated heterocycles. The van der Waals surface area contributed by atoms with Crippen LogP contribution in [0.5, 0.6) is 5.75 Å². The molecule has 1 aromatic carbocycles. The number of fused-ring (bicyclic) bond motifs is 3. The molecule has 7 nitrogen and oxygen atoms in total. The highest BCUT2D eigenvalue weighted by atomic mass is 28.4. The number of ether oxygens (including phenoxy) is 3. The Labute approximate surface area is 197 Å². The first-order chi connectivity index (χ1) is 15.4. The molecule has 0 aromatic heterocycles. The van der Waals surface area contributed by atoms with Crippen LogP contribution >= 0.6 is 0 Å². The van der Waals surface area contributed by atoms with Crippen LogP contribution < -0.4 is 4.74 Å². The van der Waals surface area contributed by atoms with Gasteiger partial charge in [0, 0.05) is 25.9 Å². The SMILES string of the molecule is CC(=O)Oc1cccc2c1C(=O)O[C@@H](CC=O)C[C@H]1C[C@H](O[Si](C)(C)C(C)(C)C)C[C@H](C2)O1. The molecule has 0 spiro atoms. The smallest absolute Gasteiger partial charge is 0.342 e. The van der Waals surface area contributed by atoms with Crippen molar-refractivity contribution in [1.29, 1.82) is 0 Å². The first-order valence-electron chi connectivity index (χ1n) is 11.7. The van der Waals surface area contributed by atoms with Gasteiger partial charge in [0.1, 0.15) is 23.7 Å². The van der Waals surface area contributed by atoms with E-state index in [0.29, 0.717) is 31.2 Å². The average molecular weight is 477 g/mol. The Bertz CT molecular complexity index is 889. The molecule has 2 bridgehead atoms. The monoisotopic (exact) mass is 476 g/mol. The van der Waals surface area contributed by atoms with Crippen LogP contribution in [0.15, 0.2) is 18.2 Å². The van der Waals surface area contributed by atoms with Gasteiger partial charge >= 0.3 is 11.9 Å². The molecule has 1 fully saturated rings. The van der Waals surface area contributed by atoms with Gasteiger partial charge in [-0.1, -0.05) is 32.9 Å². The van der Waals surface area contributed by atoms with E-state index in [2.05, 4.69) is 33.9 Å². The summed E-state index contributed by atoms with van der Waals surface area (Å²) in [7, 11) is -1.99. The predicted molar refractivity (Wildman–Crippen MR) is 126 cm³/mol. The first-order valence-corrected chi connectivity index (χ1v) is 14.6. The van der Waals surface area contributed by atoms with Crippen molar-refractivity contribution in [1.82, 2.24) is 0 Å². The van der Waals surface area contributed by atoms with E-state index in [1.54, 1.807) is 12.1 Å². The second-order valence-electron chi connectivity index (χ2n) is 10.6. The maximum absolute atomic E-state index is 13.1. The molecular formula is C25H36O7Si. The number of rotatable bonds is 5. The molecule has 0 aliphatic carbocycles. The zero-order valence-corrected chi connectivity index (χ0v) is 21.5. The van der Waals surface area contributed by atoms with Crippen molar-refractivity contribution in [3.63, 3.8) is 0 Å². The van der Waals surface area contributed by atoms with E-state index < -0.39 is 26.4 Å². The number of benzene rings is 1. The fraction of sp³-hybridized carbons (Fsp3) is 0.640. The van der Waals surface area contributed by atoms with Gasteiger partial charge < -0.3 is 23.4 Å². The fourth-order valence-electron chi connectivity index (χ4n) is 4.31. The summed E-state index contributed by atoms with van der Waals surface area (Å²) in [6.07, 6.45) is 2.23. The van der Waals surface area contributed by atoms with Gasteiger partial charge in [-0.3, -0.25) is 4.79 Å². The second-order valence-corrected chi connectivity index (χ2v) is 15.4. The summed E-state index contributed by atoms with van der Waals surface area (Å²) in [5, 5.41) is 0.0862. The molecule has 0 radical (unpaired) electrons. The van der Waals surface area contributed by atoms with Crippen molar-refractivity contribution >= 4 is 26.5 Å². The zero-order valence-electron chi connectivity index (χ0n) is 20.5. The van der Waals surface area contributed by atoms with Crippen molar-refractivity contribution in [2.24, 2.45) is 0 Å². The van der Waals surface area contributed by atoms with Crippen LogP contribution in [-0.4, -0.2) is 51.0 Å². The lowest BCUT2D eigenvalue weighted by molar-refractivity contribution is -0.131. The van der Waals surface area contributed by atoms with Crippen LogP contribution in [0.1, 0.15) is 69.3 Å². The number of carbonyl (C=O) groups excluding carboxylic acids is 3. The third-order valence-corrected chi connectivity index (χ3v) is 11.4. The van der Waals surface area contributed by atoms with Crippen LogP contribution in [0, 0.1) is 0 Å². The molecule has 4 atom stereocenters. The second kappa shape index (κ2) is 10.1. The van der Waals surface area contributed by atoms with Crippen molar-refractivity contribution in [3.05, 3.63) is 29.3 Å². The van der Waals surface area contributed by atoms with E-state index in [-0.39, 0.29) is 41.1 Å². The highest BCUT2D eigenvalue weighted by molar-refractivity contribution is 6.74. The third kappa shape index (κ3) is 6.31. The lowest BCUT2D eigenvalue weighted by atomic mass is 9.91. The Morgan fingerprint density at radius 3 is 2.52 bits per heavy atom. The Hall–Kier alpha value is -2.03. The van der Waals surface area contributed by atoms with Gasteiger partial charge in [-0.05, 0) is 49.0 Å². The third-order valence-electron chi connectivity index (χ3n) is 6.88. The Morgan fingerprint density at radius 1 is 1.18 bits per heavy atom. The van der Waals surface area contributed by atoms with E-state index in [1.807, 2.05) is 6.07 Å². The van der Waals surface area contributed by atoms with E-state index in [9.17, 15) is 14.4 Å². The number of hydrogen-bond donors (Lipinski definition) is 0. The number of cyclic esters (lactones) is 1. The minimum Gasteiger partial charge on any atom is -0.458 e. The normalized spacial score (nSPS) is 26.1. The summed E-state index contributed by atoms with van der Waals surface area (Å²) < 4.78 is 24.2. The minimum atomic E-state index is -1.99. The molecule has 0 unspecified atom stereocenters. The zero-order chi connectivity index (χ0) is 24.4. The standard InChI is InChI=1S/C25H36O7Si/c1-16(27)29-22-9-7-8-17-12-19-14-21(32-33(5,6)25(2,3)4)15-20(30-19)13-18(10-11-26)31-24(28)23(17)22/h7-9,11,18-21H,10,12-15H2,1-6H3/t18-,19-,20-,21+/m0/s1. The van der Waals surface area contributed by atoms with Gasteiger partial charge in [-0.15, -0.1) is 0 Å². The number of carbonyl (C=O) groups is 3. The number of hydrogen-bond acceptors (Lipinski definition) is 7. The molecule has 8 heteroatoms. The van der Waals surface area contributed by atoms with Crippen LogP contribution in [-0.2, 0) is 29.9 Å². The maximum atomic E-state index is 13.1. The topological polar surface area (TPSA) is 88.1 Å². The Balaban J connectivity index is 1.96. The maximum Gasteiger partial charge on any atom is 0.342 e. The molecular weight excluding hydrogens is 440 g/mol. The van der Waals surface area contributed by atoms with E-state index in [1.165, 1.54) is 6.92 Å². The highest BCUT2D eigenvalue weighted by Gasteiger charge is 2.42. The van der Waals surface area contributed by atoms with Crippen molar-refractivity contribution < 1.29 is 33.0 Å². The summed E-state index contributed by atoms with van der Waals surface area (Å²) in [5.41, 5.74) is 0.917. The van der Waals surface area contributed by atoms with Gasteiger partial charge in [-0.25, -0.2) is 4.79 Å². The van der Waals surface area contributed by atoms with Crippen LogP contribution in [0.4, 0.5) is 0 Å². The van der Waals surface area contributed by atoms with E-state index in [4.69, 9.17) is 18.6 Å². The summed E-state index contributed by atoms with van der Waals surface area (Å²) in [6.45, 7) is 12.4. The molecule has 1 aromatic rings. The van der Waals surface area contributed by atoms with E-state index in [0.717, 1.165) is 6.29 Å². The molecule has 0 N–H and O–H groups in total. The summed E-state index contributed by atoms with van der Waals surface area (Å²) in [6, 6.07) is 5.16. The van der Waals surface area contributed by atoms with Crippen molar-refractivity contribution in [2.75, 3.05) is 0 Å². The van der Waals surface area contributed by atoms with Crippen LogP contribution in [0.2, 0.25) is 18.1 Å². The Kier molecular flexibility index (Phi) is 7.81.